The predicted molar refractivity (Wildman–Crippen MR) is 121 cm³/mol. The van der Waals surface area contributed by atoms with E-state index in [4.69, 9.17) is 22.1 Å². The molecule has 2 aromatic carbocycles. The number of carbonyl (C=O) groups excluding carboxylic acids is 1. The number of aromatic nitrogens is 3. The molecule has 1 aliphatic rings. The number of fused-ring (bicyclic) bond motifs is 1. The molecular formula is C24H19ClN4O2. The molecule has 5 rings (SSSR count). The number of hydrogen-bond donors (Lipinski definition) is 1. The zero-order valence-electron chi connectivity index (χ0n) is 16.6. The van der Waals surface area contributed by atoms with Crippen LogP contribution in [0.15, 0.2) is 60.8 Å². The van der Waals surface area contributed by atoms with Gasteiger partial charge in [-0.1, -0.05) is 48.0 Å². The van der Waals surface area contributed by atoms with Crippen molar-refractivity contribution in [2.45, 2.75) is 25.4 Å². The van der Waals surface area contributed by atoms with Gasteiger partial charge in [0.2, 0.25) is 0 Å². The van der Waals surface area contributed by atoms with Crippen molar-refractivity contribution < 1.29 is 9.53 Å². The third-order valence-electron chi connectivity index (χ3n) is 5.42. The van der Waals surface area contributed by atoms with Crippen molar-refractivity contribution in [3.05, 3.63) is 71.5 Å². The van der Waals surface area contributed by atoms with E-state index in [1.807, 2.05) is 48.5 Å². The Balaban J connectivity index is 1.69. The maximum atomic E-state index is 12.7. The van der Waals surface area contributed by atoms with Crippen molar-refractivity contribution in [3.63, 3.8) is 0 Å². The van der Waals surface area contributed by atoms with Crippen molar-refractivity contribution in [2.24, 2.45) is 0 Å². The third kappa shape index (κ3) is 3.70. The first-order valence-corrected chi connectivity index (χ1v) is 10.5. The normalized spacial score (nSPS) is 13.7. The summed E-state index contributed by atoms with van der Waals surface area (Å²) in [5.74, 6) is -0.510. The second-order valence-corrected chi connectivity index (χ2v) is 7.92. The molecule has 0 amide bonds. The van der Waals surface area contributed by atoms with Crippen molar-refractivity contribution in [2.75, 3.05) is 5.73 Å². The first-order valence-electron chi connectivity index (χ1n) is 10.1. The molecule has 2 N–H and O–H groups in total. The minimum Gasteiger partial charge on any atom is -0.458 e. The molecule has 1 aliphatic carbocycles. The molecule has 0 bridgehead atoms. The number of nitrogens with two attached hydrogens (primary N) is 1. The van der Waals surface area contributed by atoms with Gasteiger partial charge in [-0.05, 0) is 37.5 Å². The van der Waals surface area contributed by atoms with Crippen molar-refractivity contribution in [1.29, 1.82) is 0 Å². The highest BCUT2D eigenvalue weighted by Gasteiger charge is 2.26. The fraction of sp³-hybridized carbons (Fsp3) is 0.167. The molecule has 1 saturated carbocycles. The number of benzene rings is 2. The smallest absolute Gasteiger partial charge is 0.361 e. The van der Waals surface area contributed by atoms with Crippen molar-refractivity contribution >= 4 is 34.3 Å². The van der Waals surface area contributed by atoms with Gasteiger partial charge < -0.3 is 10.5 Å². The average Bonchev–Trinajstić information content (AvgIpc) is 2.76. The number of carbonyl (C=O) groups is 1. The number of rotatable bonds is 4. The summed E-state index contributed by atoms with van der Waals surface area (Å²) in [4.78, 5) is 26.3. The summed E-state index contributed by atoms with van der Waals surface area (Å²) in [6, 6.07) is 17.1. The van der Waals surface area contributed by atoms with E-state index in [0.29, 0.717) is 21.9 Å². The Morgan fingerprint density at radius 1 is 1.00 bits per heavy atom. The highest BCUT2D eigenvalue weighted by atomic mass is 35.5. The summed E-state index contributed by atoms with van der Waals surface area (Å²) in [5.41, 5.74) is 9.49. The molecule has 6 nitrogen and oxygen atoms in total. The fourth-order valence-electron chi connectivity index (χ4n) is 3.58. The topological polar surface area (TPSA) is 91.0 Å². The maximum absolute atomic E-state index is 12.7. The summed E-state index contributed by atoms with van der Waals surface area (Å²) < 4.78 is 5.53. The molecule has 4 aromatic rings. The van der Waals surface area contributed by atoms with Gasteiger partial charge in [0.05, 0.1) is 21.9 Å². The lowest BCUT2D eigenvalue weighted by Gasteiger charge is -2.25. The quantitative estimate of drug-likeness (QED) is 0.441. The largest absolute Gasteiger partial charge is 0.458 e. The van der Waals surface area contributed by atoms with E-state index in [9.17, 15) is 4.79 Å². The molecule has 0 saturated heterocycles. The van der Waals surface area contributed by atoms with Gasteiger partial charge in [0.25, 0.3) is 0 Å². The summed E-state index contributed by atoms with van der Waals surface area (Å²) in [5, 5.41) is 1.35. The molecule has 0 unspecified atom stereocenters. The van der Waals surface area contributed by atoms with E-state index >= 15 is 0 Å². The second kappa shape index (κ2) is 7.96. The fourth-order valence-corrected chi connectivity index (χ4v) is 3.85. The Bertz CT molecular complexity index is 1290. The van der Waals surface area contributed by atoms with Gasteiger partial charge in [0.1, 0.15) is 6.10 Å². The molecular weight excluding hydrogens is 412 g/mol. The van der Waals surface area contributed by atoms with Crippen LogP contribution in [0, 0.1) is 0 Å². The Kier molecular flexibility index (Phi) is 5.00. The van der Waals surface area contributed by atoms with E-state index in [1.54, 1.807) is 12.3 Å². The molecule has 1 fully saturated rings. The maximum Gasteiger partial charge on any atom is 0.361 e. The molecule has 7 heteroatoms. The number of hydrogen-bond acceptors (Lipinski definition) is 6. The Morgan fingerprint density at radius 3 is 2.52 bits per heavy atom. The van der Waals surface area contributed by atoms with Crippen LogP contribution in [-0.4, -0.2) is 27.0 Å². The monoisotopic (exact) mass is 430 g/mol. The SMILES string of the molecule is Nc1nc(-c2ccccc2)c(-c2cc(Cl)c3ncccc3c2)nc1C(=O)OC1CCC1. The van der Waals surface area contributed by atoms with Gasteiger partial charge in [-0.25, -0.2) is 14.8 Å². The molecule has 0 spiro atoms. The molecule has 2 aromatic heterocycles. The standard InChI is InChI=1S/C24H19ClN4O2/c25-18-13-16(12-15-8-5-11-27-19(15)18)21-20(14-6-2-1-3-7-14)29-23(26)22(28-21)24(30)31-17-9-4-10-17/h1-3,5-8,11-13,17H,4,9-10H2,(H2,26,29). The first kappa shape index (κ1) is 19.5. The highest BCUT2D eigenvalue weighted by Crippen LogP contribution is 2.35. The lowest BCUT2D eigenvalue weighted by molar-refractivity contribution is 0.00848. The third-order valence-corrected chi connectivity index (χ3v) is 5.71. The van der Waals surface area contributed by atoms with Crippen molar-refractivity contribution in [3.8, 4) is 22.5 Å². The van der Waals surface area contributed by atoms with Gasteiger partial charge in [0.15, 0.2) is 11.5 Å². The van der Waals surface area contributed by atoms with Crippen LogP contribution >= 0.6 is 11.6 Å². The molecule has 154 valence electrons. The van der Waals surface area contributed by atoms with E-state index in [2.05, 4.69) is 15.0 Å². The number of ether oxygens (including phenoxy) is 1. The molecule has 0 aliphatic heterocycles. The number of pyridine rings is 1. The second-order valence-electron chi connectivity index (χ2n) is 7.51. The van der Waals surface area contributed by atoms with Crippen LogP contribution in [0.3, 0.4) is 0 Å². The number of anilines is 1. The Morgan fingerprint density at radius 2 is 1.77 bits per heavy atom. The Labute approximate surface area is 184 Å². The van der Waals surface area contributed by atoms with Crippen LogP contribution in [-0.2, 0) is 4.74 Å². The molecule has 31 heavy (non-hydrogen) atoms. The van der Waals surface area contributed by atoms with E-state index in [1.165, 1.54) is 0 Å². The lowest BCUT2D eigenvalue weighted by atomic mass is 9.96. The van der Waals surface area contributed by atoms with Crippen molar-refractivity contribution in [1.82, 2.24) is 15.0 Å². The number of esters is 1. The van der Waals surface area contributed by atoms with Gasteiger partial charge >= 0.3 is 5.97 Å². The lowest BCUT2D eigenvalue weighted by Crippen LogP contribution is -2.26. The summed E-state index contributed by atoms with van der Waals surface area (Å²) in [7, 11) is 0. The highest BCUT2D eigenvalue weighted by molar-refractivity contribution is 6.35. The summed E-state index contributed by atoms with van der Waals surface area (Å²) in [6.45, 7) is 0. The predicted octanol–water partition coefficient (Wildman–Crippen LogP) is 5.30. The van der Waals surface area contributed by atoms with Gasteiger partial charge in [-0.2, -0.15) is 0 Å². The zero-order valence-corrected chi connectivity index (χ0v) is 17.3. The van der Waals surface area contributed by atoms with Gasteiger partial charge in [-0.3, -0.25) is 4.98 Å². The van der Waals surface area contributed by atoms with E-state index < -0.39 is 5.97 Å². The minimum absolute atomic E-state index is 0.0176. The average molecular weight is 431 g/mol. The molecule has 2 heterocycles. The molecule has 0 radical (unpaired) electrons. The summed E-state index contributed by atoms with van der Waals surface area (Å²) in [6.07, 6.45) is 4.40. The zero-order chi connectivity index (χ0) is 21.4. The number of nitrogens with zero attached hydrogens (tertiary/aromatic N) is 3. The molecule has 0 atom stereocenters. The minimum atomic E-state index is -0.552. The van der Waals surface area contributed by atoms with Crippen LogP contribution in [0.2, 0.25) is 5.02 Å². The van der Waals surface area contributed by atoms with Crippen LogP contribution in [0.4, 0.5) is 5.82 Å². The number of nitrogen functional groups attached to an aromatic ring is 1. The van der Waals surface area contributed by atoms with Crippen LogP contribution in [0.25, 0.3) is 33.4 Å². The van der Waals surface area contributed by atoms with Crippen LogP contribution in [0.5, 0.6) is 0 Å². The first-order chi connectivity index (χ1) is 15.1. The van der Waals surface area contributed by atoms with Crippen LogP contribution in [0.1, 0.15) is 29.8 Å². The number of halogens is 1. The van der Waals surface area contributed by atoms with Gasteiger partial charge in [0, 0.05) is 22.7 Å². The van der Waals surface area contributed by atoms with Crippen LogP contribution < -0.4 is 5.73 Å². The Hall–Kier alpha value is -3.51. The summed E-state index contributed by atoms with van der Waals surface area (Å²) >= 11 is 6.51. The van der Waals surface area contributed by atoms with E-state index in [0.717, 1.165) is 35.8 Å². The van der Waals surface area contributed by atoms with Gasteiger partial charge in [-0.15, -0.1) is 0 Å². The van der Waals surface area contributed by atoms with E-state index in [-0.39, 0.29) is 17.6 Å².